The number of hydrogen-bond donors (Lipinski definition) is 1. The van der Waals surface area contributed by atoms with Crippen molar-refractivity contribution in [2.45, 2.75) is 18.7 Å². The van der Waals surface area contributed by atoms with Crippen LogP contribution in [0.3, 0.4) is 0 Å². The summed E-state index contributed by atoms with van der Waals surface area (Å²) in [5, 5.41) is 7.87. The average Bonchev–Trinajstić information content (AvgIpc) is 2.30. The lowest BCUT2D eigenvalue weighted by molar-refractivity contribution is 0.461. The number of amidine groups is 1. The first kappa shape index (κ1) is 13.0. The SMILES string of the molecule is CCN(CC)C(=N)CSc1ccc(F)cc1. The molecule has 1 aromatic carbocycles. The van der Waals surface area contributed by atoms with Gasteiger partial charge in [-0.2, -0.15) is 0 Å². The maximum atomic E-state index is 12.7. The van der Waals surface area contributed by atoms with E-state index < -0.39 is 0 Å². The zero-order valence-corrected chi connectivity index (χ0v) is 10.5. The van der Waals surface area contributed by atoms with Crippen LogP contribution in [0.15, 0.2) is 29.2 Å². The summed E-state index contributed by atoms with van der Waals surface area (Å²) in [4.78, 5) is 3.01. The van der Waals surface area contributed by atoms with Crippen molar-refractivity contribution in [2.24, 2.45) is 0 Å². The van der Waals surface area contributed by atoms with Crippen LogP contribution in [0.5, 0.6) is 0 Å². The number of nitrogens with one attached hydrogen (secondary N) is 1. The van der Waals surface area contributed by atoms with E-state index >= 15 is 0 Å². The van der Waals surface area contributed by atoms with Crippen LogP contribution in [0.25, 0.3) is 0 Å². The number of halogens is 1. The first-order valence-electron chi connectivity index (χ1n) is 5.38. The van der Waals surface area contributed by atoms with E-state index in [2.05, 4.69) is 0 Å². The van der Waals surface area contributed by atoms with Gasteiger partial charge in [0, 0.05) is 18.0 Å². The summed E-state index contributed by atoms with van der Waals surface area (Å²) < 4.78 is 12.7. The highest BCUT2D eigenvalue weighted by Gasteiger charge is 2.05. The van der Waals surface area contributed by atoms with Gasteiger partial charge in [0.25, 0.3) is 0 Å². The third kappa shape index (κ3) is 3.85. The van der Waals surface area contributed by atoms with Crippen LogP contribution in [0.2, 0.25) is 0 Å². The maximum absolute atomic E-state index is 12.7. The molecule has 88 valence electrons. The number of thioether (sulfide) groups is 1. The molecule has 1 aromatic rings. The molecule has 0 amide bonds. The van der Waals surface area contributed by atoms with Crippen LogP contribution in [-0.2, 0) is 0 Å². The maximum Gasteiger partial charge on any atom is 0.123 e. The molecule has 16 heavy (non-hydrogen) atoms. The van der Waals surface area contributed by atoms with Gasteiger partial charge in [0.2, 0.25) is 0 Å². The topological polar surface area (TPSA) is 27.1 Å². The van der Waals surface area contributed by atoms with Crippen molar-refractivity contribution < 1.29 is 4.39 Å². The summed E-state index contributed by atoms with van der Waals surface area (Å²) in [6.45, 7) is 5.81. The van der Waals surface area contributed by atoms with Crippen LogP contribution < -0.4 is 0 Å². The summed E-state index contributed by atoms with van der Waals surface area (Å²) in [5.41, 5.74) is 0. The molecular formula is C12H17FN2S. The predicted molar refractivity (Wildman–Crippen MR) is 67.8 cm³/mol. The Bertz CT molecular complexity index is 333. The van der Waals surface area contributed by atoms with Crippen molar-refractivity contribution in [3.05, 3.63) is 30.1 Å². The van der Waals surface area contributed by atoms with Gasteiger partial charge in [0.15, 0.2) is 0 Å². The first-order valence-corrected chi connectivity index (χ1v) is 6.36. The number of hydrogen-bond acceptors (Lipinski definition) is 2. The molecule has 4 heteroatoms. The summed E-state index contributed by atoms with van der Waals surface area (Å²) in [6, 6.07) is 6.39. The van der Waals surface area contributed by atoms with Crippen molar-refractivity contribution in [1.82, 2.24) is 4.90 Å². The highest BCUT2D eigenvalue weighted by molar-refractivity contribution is 8.00. The molecule has 2 nitrogen and oxygen atoms in total. The molecule has 0 spiro atoms. The molecule has 1 N–H and O–H groups in total. The quantitative estimate of drug-likeness (QED) is 0.486. The van der Waals surface area contributed by atoms with Gasteiger partial charge in [-0.3, -0.25) is 5.41 Å². The highest BCUT2D eigenvalue weighted by Crippen LogP contribution is 2.18. The molecule has 0 heterocycles. The number of nitrogens with zero attached hydrogens (tertiary/aromatic N) is 1. The summed E-state index contributed by atoms with van der Waals surface area (Å²) >= 11 is 1.56. The van der Waals surface area contributed by atoms with Gasteiger partial charge in [-0.25, -0.2) is 4.39 Å². The third-order valence-corrected chi connectivity index (χ3v) is 3.36. The Balaban J connectivity index is 2.45. The van der Waals surface area contributed by atoms with Crippen LogP contribution in [-0.4, -0.2) is 29.6 Å². The Morgan fingerprint density at radius 1 is 1.25 bits per heavy atom. The van der Waals surface area contributed by atoms with E-state index in [1.807, 2.05) is 18.7 Å². The summed E-state index contributed by atoms with van der Waals surface area (Å²) in [7, 11) is 0. The second-order valence-electron chi connectivity index (χ2n) is 3.36. The lowest BCUT2D eigenvalue weighted by atomic mass is 10.4. The largest absolute Gasteiger partial charge is 0.360 e. The van der Waals surface area contributed by atoms with Crippen LogP contribution >= 0.6 is 11.8 Å². The van der Waals surface area contributed by atoms with Crippen molar-refractivity contribution in [2.75, 3.05) is 18.8 Å². The molecule has 0 aliphatic heterocycles. The van der Waals surface area contributed by atoms with Gasteiger partial charge in [-0.05, 0) is 38.1 Å². The minimum atomic E-state index is -0.219. The molecule has 0 saturated carbocycles. The van der Waals surface area contributed by atoms with E-state index in [1.54, 1.807) is 23.9 Å². The normalized spacial score (nSPS) is 10.2. The summed E-state index contributed by atoms with van der Waals surface area (Å²) in [6.07, 6.45) is 0. The molecule has 0 atom stereocenters. The van der Waals surface area contributed by atoms with Crippen molar-refractivity contribution in [1.29, 1.82) is 5.41 Å². The molecule has 0 aliphatic carbocycles. The van der Waals surface area contributed by atoms with Gasteiger partial charge >= 0.3 is 0 Å². The Morgan fingerprint density at radius 2 is 1.81 bits per heavy atom. The fourth-order valence-electron chi connectivity index (χ4n) is 1.38. The Labute approximate surface area is 100 Å². The minimum Gasteiger partial charge on any atom is -0.360 e. The average molecular weight is 240 g/mol. The zero-order chi connectivity index (χ0) is 12.0. The Kier molecular flexibility index (Phi) is 5.32. The predicted octanol–water partition coefficient (Wildman–Crippen LogP) is 3.24. The van der Waals surface area contributed by atoms with E-state index in [1.165, 1.54) is 12.1 Å². The molecule has 0 unspecified atom stereocenters. The van der Waals surface area contributed by atoms with E-state index in [4.69, 9.17) is 5.41 Å². The van der Waals surface area contributed by atoms with Gasteiger partial charge in [0.05, 0.1) is 5.75 Å². The van der Waals surface area contributed by atoms with Gasteiger partial charge in [-0.1, -0.05) is 0 Å². The minimum absolute atomic E-state index is 0.219. The Hall–Kier alpha value is -1.03. The van der Waals surface area contributed by atoms with Crippen LogP contribution in [0.1, 0.15) is 13.8 Å². The lowest BCUT2D eigenvalue weighted by Gasteiger charge is -2.21. The lowest BCUT2D eigenvalue weighted by Crippen LogP contribution is -2.31. The molecule has 0 fully saturated rings. The molecule has 0 aliphatic rings. The smallest absolute Gasteiger partial charge is 0.123 e. The van der Waals surface area contributed by atoms with Crippen LogP contribution in [0, 0.1) is 11.2 Å². The van der Waals surface area contributed by atoms with Gasteiger partial charge < -0.3 is 4.90 Å². The number of rotatable bonds is 5. The van der Waals surface area contributed by atoms with Crippen molar-refractivity contribution in [3.8, 4) is 0 Å². The van der Waals surface area contributed by atoms with E-state index in [9.17, 15) is 4.39 Å². The second-order valence-corrected chi connectivity index (χ2v) is 4.41. The fraction of sp³-hybridized carbons (Fsp3) is 0.417. The molecule has 0 bridgehead atoms. The summed E-state index contributed by atoms with van der Waals surface area (Å²) in [5.74, 6) is 1.04. The number of benzene rings is 1. The van der Waals surface area contributed by atoms with Crippen molar-refractivity contribution >= 4 is 17.6 Å². The van der Waals surface area contributed by atoms with Crippen LogP contribution in [0.4, 0.5) is 4.39 Å². The molecule has 0 aromatic heterocycles. The molecular weight excluding hydrogens is 223 g/mol. The molecule has 0 radical (unpaired) electrons. The second kappa shape index (κ2) is 6.53. The van der Waals surface area contributed by atoms with E-state index in [0.717, 1.165) is 18.0 Å². The monoisotopic (exact) mass is 240 g/mol. The standard InChI is InChI=1S/C12H17FN2S/c1-3-15(4-2)12(14)9-16-11-7-5-10(13)6-8-11/h5-8,14H,3-4,9H2,1-2H3. The van der Waals surface area contributed by atoms with E-state index in [-0.39, 0.29) is 5.82 Å². The Morgan fingerprint density at radius 3 is 2.31 bits per heavy atom. The van der Waals surface area contributed by atoms with Gasteiger partial charge in [0.1, 0.15) is 11.7 Å². The van der Waals surface area contributed by atoms with Gasteiger partial charge in [-0.15, -0.1) is 11.8 Å². The molecule has 0 saturated heterocycles. The first-order chi connectivity index (χ1) is 7.67. The fourth-order valence-corrected chi connectivity index (χ4v) is 2.19. The third-order valence-electron chi connectivity index (χ3n) is 2.33. The highest BCUT2D eigenvalue weighted by atomic mass is 32.2. The molecule has 1 rings (SSSR count). The van der Waals surface area contributed by atoms with Crippen molar-refractivity contribution in [3.63, 3.8) is 0 Å². The zero-order valence-electron chi connectivity index (χ0n) is 9.66. The van der Waals surface area contributed by atoms with E-state index in [0.29, 0.717) is 11.6 Å².